The van der Waals surface area contributed by atoms with Crippen molar-refractivity contribution in [2.24, 2.45) is 0 Å². The summed E-state index contributed by atoms with van der Waals surface area (Å²) >= 11 is 0. The fourth-order valence-electron chi connectivity index (χ4n) is 5.59. The number of unbranched alkanes of at least 4 members (excludes halogenated alkanes) is 18. The minimum absolute atomic E-state index is 0.143. The van der Waals surface area contributed by atoms with Gasteiger partial charge in [0.15, 0.2) is 6.10 Å². The minimum Gasteiger partial charge on any atom is -0.462 e. The Morgan fingerprint density at radius 2 is 0.964 bits per heavy atom. The van der Waals surface area contributed by atoms with E-state index in [1.165, 1.54) is 96.3 Å². The first kappa shape index (κ1) is 52.9. The molecule has 0 radical (unpaired) electrons. The van der Waals surface area contributed by atoms with Crippen LogP contribution in [0.3, 0.4) is 0 Å². The van der Waals surface area contributed by atoms with Gasteiger partial charge in [-0.3, -0.25) is 18.6 Å². The second kappa shape index (κ2) is 40.1. The van der Waals surface area contributed by atoms with E-state index in [1.807, 2.05) is 6.08 Å². The van der Waals surface area contributed by atoms with Crippen LogP contribution in [0, 0.1) is 0 Å². The number of esters is 2. The molecular weight excluding hydrogens is 719 g/mol. The third kappa shape index (κ3) is 39.9. The summed E-state index contributed by atoms with van der Waals surface area (Å²) in [4.78, 5) is 34.9. The van der Waals surface area contributed by atoms with Crippen molar-refractivity contribution in [1.82, 2.24) is 0 Å². The highest BCUT2D eigenvalue weighted by Gasteiger charge is 2.27. The Morgan fingerprint density at radius 3 is 1.49 bits per heavy atom. The maximum Gasteiger partial charge on any atom is 0.472 e. The number of carbonyl (C=O) groups excluding carboxylic acids is 2. The topological polar surface area (TPSA) is 149 Å². The van der Waals surface area contributed by atoms with Gasteiger partial charge in [0.2, 0.25) is 0 Å². The summed E-state index contributed by atoms with van der Waals surface area (Å²) in [5, 5.41) is 18.3. The zero-order valence-corrected chi connectivity index (χ0v) is 35.5. The number of rotatable bonds is 40. The van der Waals surface area contributed by atoms with Crippen LogP contribution in [-0.4, -0.2) is 65.7 Å². The summed E-state index contributed by atoms with van der Waals surface area (Å²) in [6, 6.07) is 0. The lowest BCUT2D eigenvalue weighted by molar-refractivity contribution is -0.161. The van der Waals surface area contributed by atoms with E-state index in [0.717, 1.165) is 38.5 Å². The van der Waals surface area contributed by atoms with Crippen molar-refractivity contribution in [1.29, 1.82) is 0 Å². The Labute approximate surface area is 334 Å². The van der Waals surface area contributed by atoms with Gasteiger partial charge in [-0.2, -0.15) is 0 Å². The molecule has 55 heavy (non-hydrogen) atoms. The molecule has 0 rings (SSSR count). The molecule has 0 spiro atoms. The smallest absolute Gasteiger partial charge is 0.462 e. The second-order valence-electron chi connectivity index (χ2n) is 14.4. The molecular formula is C44H79O10P. The first-order valence-electron chi connectivity index (χ1n) is 21.6. The Kier molecular flexibility index (Phi) is 38.6. The molecule has 0 aliphatic heterocycles. The monoisotopic (exact) mass is 799 g/mol. The van der Waals surface area contributed by atoms with Crippen molar-refractivity contribution in [2.45, 2.75) is 193 Å². The third-order valence-corrected chi connectivity index (χ3v) is 9.91. The molecule has 11 heteroatoms. The molecule has 10 nitrogen and oxygen atoms in total. The first-order valence-corrected chi connectivity index (χ1v) is 23.1. The maximum absolute atomic E-state index is 12.6. The van der Waals surface area contributed by atoms with Crippen LogP contribution in [0.2, 0.25) is 0 Å². The summed E-state index contributed by atoms with van der Waals surface area (Å²) in [6.07, 6.45) is 42.3. The first-order chi connectivity index (χ1) is 26.7. The zero-order chi connectivity index (χ0) is 40.5. The van der Waals surface area contributed by atoms with Gasteiger partial charge in [0, 0.05) is 12.8 Å². The van der Waals surface area contributed by atoms with Crippen molar-refractivity contribution < 1.29 is 47.8 Å². The van der Waals surface area contributed by atoms with Crippen molar-refractivity contribution in [3.63, 3.8) is 0 Å². The van der Waals surface area contributed by atoms with Crippen LogP contribution < -0.4 is 0 Å². The molecule has 0 amide bonds. The van der Waals surface area contributed by atoms with E-state index >= 15 is 0 Å². The predicted molar refractivity (Wildman–Crippen MR) is 224 cm³/mol. The van der Waals surface area contributed by atoms with Crippen LogP contribution in [0.5, 0.6) is 0 Å². The number of hydrogen-bond donors (Lipinski definition) is 3. The molecule has 0 fully saturated rings. The van der Waals surface area contributed by atoms with E-state index in [4.69, 9.17) is 19.1 Å². The Bertz CT molecular complexity index is 1060. The summed E-state index contributed by atoms with van der Waals surface area (Å²) in [6.45, 7) is 2.29. The number of phosphoric acid groups is 1. The van der Waals surface area contributed by atoms with E-state index in [9.17, 15) is 24.2 Å². The second-order valence-corrected chi connectivity index (χ2v) is 15.8. The zero-order valence-electron chi connectivity index (χ0n) is 34.6. The quantitative estimate of drug-likeness (QED) is 0.0237. The molecule has 1 unspecified atom stereocenters. The summed E-state index contributed by atoms with van der Waals surface area (Å²) in [5.41, 5.74) is 0. The fraction of sp³-hybridized carbons (Fsp3) is 0.773. The summed E-state index contributed by atoms with van der Waals surface area (Å²) < 4.78 is 32.6. The number of hydrogen-bond acceptors (Lipinski definition) is 9. The number of ether oxygens (including phenoxy) is 2. The number of phosphoric ester groups is 1. The predicted octanol–water partition coefficient (Wildman–Crippen LogP) is 11.3. The highest BCUT2D eigenvalue weighted by atomic mass is 31.2. The molecule has 320 valence electrons. The van der Waals surface area contributed by atoms with E-state index < -0.39 is 51.8 Å². The van der Waals surface area contributed by atoms with E-state index in [2.05, 4.69) is 60.9 Å². The van der Waals surface area contributed by atoms with Crippen molar-refractivity contribution in [2.75, 3.05) is 26.4 Å². The van der Waals surface area contributed by atoms with Gasteiger partial charge in [-0.25, -0.2) is 4.57 Å². The number of aliphatic hydroxyl groups is 2. The van der Waals surface area contributed by atoms with Crippen molar-refractivity contribution >= 4 is 19.8 Å². The number of aliphatic hydroxyl groups excluding tert-OH is 2. The SMILES string of the molecule is CCCCCCCC/C=C/C/C=C/C/C=C/CCCC(=O)OC[C@H](COP(=O)(O)OC[C@@H](O)CO)OC(=O)CCCC/C=C/CCCCCCCCCCC. The molecule has 0 aliphatic carbocycles. The molecule has 0 saturated carbocycles. The highest BCUT2D eigenvalue weighted by molar-refractivity contribution is 7.47. The lowest BCUT2D eigenvalue weighted by Crippen LogP contribution is -2.29. The number of allylic oxidation sites excluding steroid dienone is 8. The van der Waals surface area contributed by atoms with Gasteiger partial charge in [-0.1, -0.05) is 146 Å². The van der Waals surface area contributed by atoms with Gasteiger partial charge < -0.3 is 24.6 Å². The van der Waals surface area contributed by atoms with Gasteiger partial charge in [-0.05, 0) is 70.6 Å². The van der Waals surface area contributed by atoms with Crippen LogP contribution in [0.15, 0.2) is 48.6 Å². The van der Waals surface area contributed by atoms with Gasteiger partial charge in [-0.15, -0.1) is 0 Å². The molecule has 0 aliphatic rings. The largest absolute Gasteiger partial charge is 0.472 e. The van der Waals surface area contributed by atoms with Crippen LogP contribution in [0.4, 0.5) is 0 Å². The number of carbonyl (C=O) groups is 2. The van der Waals surface area contributed by atoms with Crippen LogP contribution >= 0.6 is 7.82 Å². The normalized spacial score (nSPS) is 14.3. The van der Waals surface area contributed by atoms with Gasteiger partial charge in [0.05, 0.1) is 19.8 Å². The van der Waals surface area contributed by atoms with E-state index in [0.29, 0.717) is 19.3 Å². The molecule has 0 aromatic rings. The minimum atomic E-state index is -4.63. The molecule has 0 aromatic heterocycles. The highest BCUT2D eigenvalue weighted by Crippen LogP contribution is 2.43. The molecule has 0 aromatic carbocycles. The fourth-order valence-corrected chi connectivity index (χ4v) is 6.38. The van der Waals surface area contributed by atoms with Gasteiger partial charge in [0.25, 0.3) is 0 Å². The lowest BCUT2D eigenvalue weighted by Gasteiger charge is -2.20. The van der Waals surface area contributed by atoms with Crippen LogP contribution in [-0.2, 0) is 32.7 Å². The Hall–Kier alpha value is -2.07. The van der Waals surface area contributed by atoms with Crippen LogP contribution in [0.1, 0.15) is 181 Å². The molecule has 3 atom stereocenters. The standard InChI is InChI=1S/C44H79O10P/c1-3-5-7-9-11-13-15-17-19-20-22-23-25-27-29-31-33-35-43(47)51-39-42(40-53-55(49,50)52-38-41(46)37-45)54-44(48)36-34-32-30-28-26-24-21-18-16-14-12-10-8-6-4-2/h17,19,22-23,26-29,41-42,45-46H,3-16,18,20-21,24-25,30-40H2,1-2H3,(H,49,50)/b19-17+,23-22+,28-26+,29-27+/t41-,42+/m0/s1. The molecule has 0 heterocycles. The Balaban J connectivity index is 4.41. The van der Waals surface area contributed by atoms with E-state index in [1.54, 1.807) is 0 Å². The molecule has 3 N–H and O–H groups in total. The average Bonchev–Trinajstić information content (AvgIpc) is 3.17. The van der Waals surface area contributed by atoms with Gasteiger partial charge in [0.1, 0.15) is 12.7 Å². The molecule has 0 bridgehead atoms. The van der Waals surface area contributed by atoms with Gasteiger partial charge >= 0.3 is 19.8 Å². The van der Waals surface area contributed by atoms with E-state index in [-0.39, 0.29) is 19.4 Å². The average molecular weight is 799 g/mol. The van der Waals surface area contributed by atoms with Crippen LogP contribution in [0.25, 0.3) is 0 Å². The van der Waals surface area contributed by atoms with Crippen molar-refractivity contribution in [3.05, 3.63) is 48.6 Å². The third-order valence-electron chi connectivity index (χ3n) is 8.96. The Morgan fingerprint density at radius 1 is 0.545 bits per heavy atom. The van der Waals surface area contributed by atoms with Crippen molar-refractivity contribution in [3.8, 4) is 0 Å². The summed E-state index contributed by atoms with van der Waals surface area (Å²) in [7, 11) is -4.63. The summed E-state index contributed by atoms with van der Waals surface area (Å²) in [5.74, 6) is -1.01. The maximum atomic E-state index is 12.6. The lowest BCUT2D eigenvalue weighted by atomic mass is 10.1. The molecule has 0 saturated heterocycles.